The number of nitrogens with one attached hydrogen (secondary N) is 1. The monoisotopic (exact) mass is 287 g/mol. The molecule has 1 amide bonds. The molecule has 3 N–H and O–H groups in total. The standard InChI is InChI=1S/C13H15ClFNO3/c14-10-6-8(15)5-9(12(10)18)13(19)16-11(3-4-17)7-1-2-7/h5-7,11,17-18H,1-4H2,(H,16,19). The third kappa shape index (κ3) is 3.36. The fourth-order valence-electron chi connectivity index (χ4n) is 2.05. The zero-order chi connectivity index (χ0) is 14.0. The van der Waals surface area contributed by atoms with Gasteiger partial charge in [-0.25, -0.2) is 4.39 Å². The highest BCUT2D eigenvalue weighted by atomic mass is 35.5. The van der Waals surface area contributed by atoms with Crippen molar-refractivity contribution in [2.75, 3.05) is 6.61 Å². The Kier molecular flexibility index (Phi) is 4.27. The number of rotatable bonds is 5. The molecule has 1 saturated carbocycles. The molecule has 0 bridgehead atoms. The van der Waals surface area contributed by atoms with Crippen molar-refractivity contribution >= 4 is 17.5 Å². The lowest BCUT2D eigenvalue weighted by Crippen LogP contribution is -2.37. The van der Waals surface area contributed by atoms with Crippen LogP contribution < -0.4 is 5.32 Å². The van der Waals surface area contributed by atoms with Crippen molar-refractivity contribution in [3.8, 4) is 5.75 Å². The first-order valence-corrected chi connectivity index (χ1v) is 6.50. The van der Waals surface area contributed by atoms with Crippen LogP contribution in [0.5, 0.6) is 5.75 Å². The number of phenols is 1. The average Bonchev–Trinajstić information content (AvgIpc) is 3.17. The summed E-state index contributed by atoms with van der Waals surface area (Å²) in [4.78, 5) is 12.0. The molecule has 1 aromatic carbocycles. The van der Waals surface area contributed by atoms with Crippen LogP contribution in [0.25, 0.3) is 0 Å². The van der Waals surface area contributed by atoms with Gasteiger partial charge in [-0.1, -0.05) is 11.6 Å². The van der Waals surface area contributed by atoms with Crippen LogP contribution in [0.15, 0.2) is 12.1 Å². The third-order valence-corrected chi connectivity index (χ3v) is 3.51. The van der Waals surface area contributed by atoms with Crippen LogP contribution in [0.4, 0.5) is 4.39 Å². The summed E-state index contributed by atoms with van der Waals surface area (Å²) in [5.41, 5.74) is -0.186. The van der Waals surface area contributed by atoms with Crippen molar-refractivity contribution < 1.29 is 19.4 Å². The molecule has 1 fully saturated rings. The number of amides is 1. The Morgan fingerprint density at radius 3 is 2.79 bits per heavy atom. The molecule has 0 heterocycles. The van der Waals surface area contributed by atoms with E-state index in [2.05, 4.69) is 5.32 Å². The zero-order valence-electron chi connectivity index (χ0n) is 10.2. The number of benzene rings is 1. The summed E-state index contributed by atoms with van der Waals surface area (Å²) < 4.78 is 13.2. The molecule has 0 aromatic heterocycles. The van der Waals surface area contributed by atoms with Gasteiger partial charge in [0.05, 0.1) is 10.6 Å². The molecule has 19 heavy (non-hydrogen) atoms. The van der Waals surface area contributed by atoms with E-state index in [9.17, 15) is 14.3 Å². The van der Waals surface area contributed by atoms with Gasteiger partial charge in [0.2, 0.25) is 0 Å². The second-order valence-corrected chi connectivity index (χ2v) is 5.12. The van der Waals surface area contributed by atoms with E-state index >= 15 is 0 Å². The maximum atomic E-state index is 13.2. The highest BCUT2D eigenvalue weighted by Gasteiger charge is 2.32. The molecule has 0 spiro atoms. The molecule has 0 radical (unpaired) electrons. The highest BCUT2D eigenvalue weighted by molar-refractivity contribution is 6.32. The average molecular weight is 288 g/mol. The third-order valence-electron chi connectivity index (χ3n) is 3.22. The van der Waals surface area contributed by atoms with E-state index in [4.69, 9.17) is 16.7 Å². The van der Waals surface area contributed by atoms with E-state index < -0.39 is 17.5 Å². The minimum atomic E-state index is -0.682. The van der Waals surface area contributed by atoms with Crippen LogP contribution in [-0.2, 0) is 0 Å². The Bertz CT molecular complexity index is 491. The quantitative estimate of drug-likeness (QED) is 0.776. The number of carbonyl (C=O) groups is 1. The van der Waals surface area contributed by atoms with E-state index in [1.807, 2.05) is 0 Å². The van der Waals surface area contributed by atoms with Crippen LogP contribution in [-0.4, -0.2) is 28.8 Å². The Labute approximate surface area is 115 Å². The highest BCUT2D eigenvalue weighted by Crippen LogP contribution is 2.34. The predicted octanol–water partition coefficient (Wildman–Crippen LogP) is 2.08. The molecule has 1 unspecified atom stereocenters. The van der Waals surface area contributed by atoms with Gasteiger partial charge in [0, 0.05) is 12.6 Å². The maximum absolute atomic E-state index is 13.2. The molecule has 0 aliphatic heterocycles. The van der Waals surface area contributed by atoms with E-state index in [1.165, 1.54) is 0 Å². The van der Waals surface area contributed by atoms with Crippen molar-refractivity contribution in [1.29, 1.82) is 0 Å². The van der Waals surface area contributed by atoms with Gasteiger partial charge in [-0.2, -0.15) is 0 Å². The lowest BCUT2D eigenvalue weighted by molar-refractivity contribution is 0.0921. The number of aliphatic hydroxyl groups excluding tert-OH is 1. The van der Waals surface area contributed by atoms with Crippen molar-refractivity contribution in [3.63, 3.8) is 0 Å². The minimum Gasteiger partial charge on any atom is -0.506 e. The summed E-state index contributed by atoms with van der Waals surface area (Å²) in [5.74, 6) is -1.34. The first kappa shape index (κ1) is 14.1. The number of aliphatic hydroxyl groups is 1. The molecule has 0 saturated heterocycles. The van der Waals surface area contributed by atoms with Crippen molar-refractivity contribution in [2.24, 2.45) is 5.92 Å². The fraction of sp³-hybridized carbons (Fsp3) is 0.462. The van der Waals surface area contributed by atoms with E-state index in [-0.39, 0.29) is 23.2 Å². The van der Waals surface area contributed by atoms with E-state index in [1.54, 1.807) is 0 Å². The molecule has 1 aliphatic carbocycles. The second kappa shape index (κ2) is 5.75. The Morgan fingerprint density at radius 1 is 1.53 bits per heavy atom. The van der Waals surface area contributed by atoms with Gasteiger partial charge < -0.3 is 15.5 Å². The summed E-state index contributed by atoms with van der Waals surface area (Å²) in [6.07, 6.45) is 2.45. The molecular formula is C13H15ClFNO3. The van der Waals surface area contributed by atoms with Crippen molar-refractivity contribution in [1.82, 2.24) is 5.32 Å². The van der Waals surface area contributed by atoms with Gasteiger partial charge in [-0.15, -0.1) is 0 Å². The Morgan fingerprint density at radius 2 is 2.21 bits per heavy atom. The minimum absolute atomic E-state index is 0.0304. The number of carbonyl (C=O) groups excluding carboxylic acids is 1. The lowest BCUT2D eigenvalue weighted by Gasteiger charge is -2.17. The number of hydrogen-bond donors (Lipinski definition) is 3. The van der Waals surface area contributed by atoms with Gasteiger partial charge >= 0.3 is 0 Å². The van der Waals surface area contributed by atoms with Gasteiger partial charge in [0.15, 0.2) is 0 Å². The maximum Gasteiger partial charge on any atom is 0.255 e. The largest absolute Gasteiger partial charge is 0.506 e. The Balaban J connectivity index is 2.14. The van der Waals surface area contributed by atoms with Gasteiger partial charge in [0.1, 0.15) is 11.6 Å². The normalized spacial score (nSPS) is 16.2. The number of halogens is 2. The van der Waals surface area contributed by atoms with Gasteiger partial charge in [-0.3, -0.25) is 4.79 Å². The summed E-state index contributed by atoms with van der Waals surface area (Å²) in [6.45, 7) is -0.0304. The second-order valence-electron chi connectivity index (χ2n) is 4.71. The number of hydrogen-bond acceptors (Lipinski definition) is 3. The van der Waals surface area contributed by atoms with Crippen LogP contribution in [0.3, 0.4) is 0 Å². The van der Waals surface area contributed by atoms with E-state index in [0.717, 1.165) is 25.0 Å². The number of phenolic OH excluding ortho intramolecular Hbond substituents is 1. The molecule has 4 nitrogen and oxygen atoms in total. The molecule has 104 valence electrons. The van der Waals surface area contributed by atoms with Crippen molar-refractivity contribution in [2.45, 2.75) is 25.3 Å². The molecular weight excluding hydrogens is 273 g/mol. The smallest absolute Gasteiger partial charge is 0.255 e. The molecule has 2 rings (SSSR count). The van der Waals surface area contributed by atoms with Crippen LogP contribution in [0, 0.1) is 11.7 Å². The van der Waals surface area contributed by atoms with E-state index in [0.29, 0.717) is 12.3 Å². The molecule has 1 atom stereocenters. The summed E-state index contributed by atoms with van der Waals surface area (Å²) in [5, 5.41) is 21.1. The van der Waals surface area contributed by atoms with Gasteiger partial charge in [0.25, 0.3) is 5.91 Å². The summed E-state index contributed by atoms with van der Waals surface area (Å²) >= 11 is 5.63. The Hall–Kier alpha value is -1.33. The number of aromatic hydroxyl groups is 1. The lowest BCUT2D eigenvalue weighted by atomic mass is 10.1. The molecule has 1 aliphatic rings. The topological polar surface area (TPSA) is 69.6 Å². The van der Waals surface area contributed by atoms with Crippen molar-refractivity contribution in [3.05, 3.63) is 28.5 Å². The van der Waals surface area contributed by atoms with Crippen LogP contribution in [0.1, 0.15) is 29.6 Å². The van der Waals surface area contributed by atoms with Crippen LogP contribution >= 0.6 is 11.6 Å². The zero-order valence-corrected chi connectivity index (χ0v) is 11.0. The first-order chi connectivity index (χ1) is 9.02. The van der Waals surface area contributed by atoms with Gasteiger partial charge in [-0.05, 0) is 37.3 Å². The predicted molar refractivity (Wildman–Crippen MR) is 68.8 cm³/mol. The summed E-state index contributed by atoms with van der Waals surface area (Å²) in [7, 11) is 0. The van der Waals surface area contributed by atoms with Crippen LogP contribution in [0.2, 0.25) is 5.02 Å². The first-order valence-electron chi connectivity index (χ1n) is 6.12. The molecule has 6 heteroatoms. The molecule has 1 aromatic rings. The SMILES string of the molecule is O=C(NC(CCO)C1CC1)c1cc(F)cc(Cl)c1O. The fourth-order valence-corrected chi connectivity index (χ4v) is 2.25. The summed E-state index contributed by atoms with van der Waals surface area (Å²) in [6, 6.07) is 1.73.